The molecule has 5 N–H and O–H groups in total. The molecule has 0 aliphatic heterocycles. The third-order valence-electron chi connectivity index (χ3n) is 8.22. The van der Waals surface area contributed by atoms with Gasteiger partial charge in [0, 0.05) is 22.0 Å². The van der Waals surface area contributed by atoms with Gasteiger partial charge in [-0.05, 0) is 78.1 Å². The molecule has 18 heteroatoms. The number of carbonyl (C=O) groups excluding carboxylic acids is 3. The van der Waals surface area contributed by atoms with Crippen molar-refractivity contribution in [3.05, 3.63) is 119 Å². The van der Waals surface area contributed by atoms with Gasteiger partial charge in [-0.2, -0.15) is 28.1 Å². The summed E-state index contributed by atoms with van der Waals surface area (Å²) in [6, 6.07) is 28.1. The maximum Gasteiger partial charge on any atom is 0.422 e. The summed E-state index contributed by atoms with van der Waals surface area (Å²) in [6.07, 6.45) is -3.28. The van der Waals surface area contributed by atoms with E-state index in [9.17, 15) is 37.5 Å². The predicted molar refractivity (Wildman–Crippen MR) is 200 cm³/mol. The summed E-state index contributed by atoms with van der Waals surface area (Å²) in [6.45, 7) is -2.39. The van der Waals surface area contributed by atoms with Crippen molar-refractivity contribution in [1.29, 1.82) is 0 Å². The zero-order chi connectivity index (χ0) is 39.9. The quantitative estimate of drug-likeness (QED) is 0.0654. The summed E-state index contributed by atoms with van der Waals surface area (Å²) >= 11 is 6.02. The first kappa shape index (κ1) is 38.8. The first-order valence-electron chi connectivity index (χ1n) is 16.7. The number of carboxylic acid groups (broad SMARTS) is 1. The fraction of sp³-hybridized carbons (Fsp3) is 0.158. The Morgan fingerprint density at radius 3 is 2.04 bits per heavy atom. The van der Waals surface area contributed by atoms with Crippen molar-refractivity contribution in [1.82, 2.24) is 20.3 Å². The average molecular weight is 787 g/mol. The van der Waals surface area contributed by atoms with E-state index in [1.807, 2.05) is 42.5 Å². The molecule has 0 radical (unpaired) electrons. The standard InChI is InChI=1S/C38H30ClF3N8O6/c39-26-12-10-25(11-13-26)37(18-19-37)50-35-47-34(48-36(49-35)56-21-38(40,41)42)45-28-16-8-24(9-17-28)30(51)46-29(33(54)55)20-43-31(52)32(53)44-27-14-6-23(7-15-27)22-4-2-1-3-5-22/h1-17H,18-21H2,(H,43,52)(H,44,53)(H,54,55)(H2,45,47,48,49,50)/b46-29-. The van der Waals surface area contributed by atoms with E-state index in [1.165, 1.54) is 24.3 Å². The summed E-state index contributed by atoms with van der Waals surface area (Å²) in [5, 5.41) is 20.7. The van der Waals surface area contributed by atoms with Gasteiger partial charge in [0.15, 0.2) is 6.61 Å². The molecule has 6 rings (SSSR count). The lowest BCUT2D eigenvalue weighted by Gasteiger charge is -2.19. The minimum atomic E-state index is -4.66. The number of nitrogens with one attached hydrogen (secondary N) is 4. The Labute approximate surface area is 321 Å². The number of nitrogens with zero attached hydrogens (tertiary/aromatic N) is 4. The number of alkyl halides is 3. The third-order valence-corrected chi connectivity index (χ3v) is 8.47. The van der Waals surface area contributed by atoms with Crippen LogP contribution in [0.5, 0.6) is 6.01 Å². The first-order valence-corrected chi connectivity index (χ1v) is 17.1. The van der Waals surface area contributed by atoms with Crippen LogP contribution in [0.3, 0.4) is 0 Å². The number of rotatable bonds is 13. The number of ether oxygens (including phenoxy) is 1. The van der Waals surface area contributed by atoms with E-state index in [4.69, 9.17) is 16.3 Å². The van der Waals surface area contributed by atoms with E-state index >= 15 is 0 Å². The lowest BCUT2D eigenvalue weighted by molar-refractivity contribution is -0.154. The monoisotopic (exact) mass is 786 g/mol. The number of hydrogen-bond donors (Lipinski definition) is 5. The molecule has 0 spiro atoms. The summed E-state index contributed by atoms with van der Waals surface area (Å²) < 4.78 is 43.6. The Bertz CT molecular complexity index is 2270. The highest BCUT2D eigenvalue weighted by atomic mass is 35.5. The van der Waals surface area contributed by atoms with Gasteiger partial charge in [0.1, 0.15) is 5.71 Å². The van der Waals surface area contributed by atoms with Crippen LogP contribution in [0, 0.1) is 0 Å². The van der Waals surface area contributed by atoms with Gasteiger partial charge in [-0.15, -0.1) is 0 Å². The van der Waals surface area contributed by atoms with Gasteiger partial charge < -0.3 is 31.1 Å². The summed E-state index contributed by atoms with van der Waals surface area (Å²) in [5.41, 5.74) is 1.96. The van der Waals surface area contributed by atoms with E-state index < -0.39 is 60.3 Å². The molecule has 4 aromatic carbocycles. The van der Waals surface area contributed by atoms with Crippen molar-refractivity contribution >= 4 is 64.3 Å². The molecule has 14 nitrogen and oxygen atoms in total. The van der Waals surface area contributed by atoms with Crippen LogP contribution < -0.4 is 26.0 Å². The predicted octanol–water partition coefficient (Wildman–Crippen LogP) is 6.40. The van der Waals surface area contributed by atoms with Gasteiger partial charge in [-0.1, -0.05) is 66.2 Å². The second-order valence-corrected chi connectivity index (χ2v) is 12.8. The zero-order valence-electron chi connectivity index (χ0n) is 28.9. The molecular formula is C38H30ClF3N8O6. The van der Waals surface area contributed by atoms with Gasteiger partial charge in [-0.3, -0.25) is 14.4 Å². The number of carboxylic acids is 1. The molecule has 0 bridgehead atoms. The Balaban J connectivity index is 1.08. The summed E-state index contributed by atoms with van der Waals surface area (Å²) in [4.78, 5) is 65.4. The van der Waals surface area contributed by atoms with Crippen molar-refractivity contribution < 1.29 is 42.2 Å². The number of anilines is 4. The van der Waals surface area contributed by atoms with Gasteiger partial charge in [0.05, 0.1) is 12.1 Å². The second kappa shape index (κ2) is 16.6. The molecule has 56 heavy (non-hydrogen) atoms. The second-order valence-electron chi connectivity index (χ2n) is 12.3. The molecule has 5 aromatic rings. The van der Waals surface area contributed by atoms with Crippen LogP contribution in [-0.4, -0.2) is 68.8 Å². The van der Waals surface area contributed by atoms with Crippen LogP contribution in [0.4, 0.5) is 36.4 Å². The van der Waals surface area contributed by atoms with Crippen LogP contribution in [-0.2, 0) is 19.9 Å². The molecule has 1 saturated carbocycles. The number of halogens is 4. The zero-order valence-corrected chi connectivity index (χ0v) is 29.7. The van der Waals surface area contributed by atoms with E-state index in [-0.39, 0.29) is 23.1 Å². The molecule has 3 amide bonds. The number of aliphatic carboxylic acids is 1. The maximum absolute atomic E-state index is 12.9. The van der Waals surface area contributed by atoms with E-state index in [0.29, 0.717) is 23.6 Å². The maximum atomic E-state index is 12.9. The molecular weight excluding hydrogens is 757 g/mol. The average Bonchev–Trinajstić information content (AvgIpc) is 3.96. The van der Waals surface area contributed by atoms with Crippen LogP contribution in [0.1, 0.15) is 28.8 Å². The van der Waals surface area contributed by atoms with E-state index in [0.717, 1.165) is 16.7 Å². The van der Waals surface area contributed by atoms with Crippen LogP contribution in [0.25, 0.3) is 11.1 Å². The highest BCUT2D eigenvalue weighted by Gasteiger charge is 2.45. The largest absolute Gasteiger partial charge is 0.477 e. The molecule has 1 aliphatic rings. The minimum absolute atomic E-state index is 0.0526. The smallest absolute Gasteiger partial charge is 0.422 e. The summed E-state index contributed by atoms with van der Waals surface area (Å²) in [5.74, 6) is -5.05. The molecule has 0 atom stereocenters. The number of benzene rings is 4. The van der Waals surface area contributed by atoms with Crippen molar-refractivity contribution in [3.63, 3.8) is 0 Å². The molecule has 1 aliphatic carbocycles. The first-order chi connectivity index (χ1) is 26.7. The van der Waals surface area contributed by atoms with Gasteiger partial charge in [0.2, 0.25) is 11.9 Å². The fourth-order valence-electron chi connectivity index (χ4n) is 5.26. The van der Waals surface area contributed by atoms with E-state index in [2.05, 4.69) is 41.2 Å². The number of amides is 3. The minimum Gasteiger partial charge on any atom is -0.477 e. The van der Waals surface area contributed by atoms with Gasteiger partial charge in [0.25, 0.3) is 5.91 Å². The molecule has 1 aromatic heterocycles. The SMILES string of the molecule is O=C(NC/C(=N/C(=O)c1ccc(Nc2nc(NC3(c4ccc(Cl)cc4)CC3)nc(OCC(F)(F)F)n2)cc1)C(=O)O)C(=O)Nc1ccc(-c2ccccc2)cc1. The molecule has 0 saturated heterocycles. The van der Waals surface area contributed by atoms with Crippen molar-refractivity contribution in [3.8, 4) is 17.1 Å². The lowest BCUT2D eigenvalue weighted by Crippen LogP contribution is -2.40. The molecule has 286 valence electrons. The van der Waals surface area contributed by atoms with Gasteiger partial charge in [-0.25, -0.2) is 9.79 Å². The van der Waals surface area contributed by atoms with Crippen LogP contribution >= 0.6 is 11.6 Å². The Hall–Kier alpha value is -6.88. The highest BCUT2D eigenvalue weighted by molar-refractivity contribution is 6.42. The molecule has 0 unspecified atom stereocenters. The third kappa shape index (κ3) is 10.4. The van der Waals surface area contributed by atoms with Crippen molar-refractivity contribution in [2.24, 2.45) is 4.99 Å². The topological polar surface area (TPSA) is 197 Å². The molecule has 1 fully saturated rings. The van der Waals surface area contributed by atoms with E-state index in [1.54, 1.807) is 36.4 Å². The number of hydrogen-bond acceptors (Lipinski definition) is 10. The molecule has 1 heterocycles. The van der Waals surface area contributed by atoms with Crippen molar-refractivity contribution in [2.75, 3.05) is 29.1 Å². The Morgan fingerprint density at radius 1 is 0.786 bits per heavy atom. The van der Waals surface area contributed by atoms with Crippen LogP contribution in [0.15, 0.2) is 108 Å². The number of aliphatic imine (C=N–C) groups is 1. The Morgan fingerprint density at radius 2 is 1.41 bits per heavy atom. The fourth-order valence-corrected chi connectivity index (χ4v) is 5.38. The Kier molecular flexibility index (Phi) is 11.5. The lowest BCUT2D eigenvalue weighted by atomic mass is 10.1. The van der Waals surface area contributed by atoms with Gasteiger partial charge >= 0.3 is 30.0 Å². The normalized spacial score (nSPS) is 13.2. The van der Waals surface area contributed by atoms with Crippen molar-refractivity contribution in [2.45, 2.75) is 24.6 Å². The summed E-state index contributed by atoms with van der Waals surface area (Å²) in [7, 11) is 0. The highest BCUT2D eigenvalue weighted by Crippen LogP contribution is 2.48. The van der Waals surface area contributed by atoms with Crippen LogP contribution in [0.2, 0.25) is 5.02 Å². The number of aromatic nitrogens is 3. The number of carbonyl (C=O) groups is 4.